The first-order valence-corrected chi connectivity index (χ1v) is 50.9. The van der Waals surface area contributed by atoms with Gasteiger partial charge in [0.2, 0.25) is 0 Å². The van der Waals surface area contributed by atoms with Gasteiger partial charge in [0.25, 0.3) is 0 Å². The van der Waals surface area contributed by atoms with E-state index >= 15 is 0 Å². The molecule has 0 radical (unpaired) electrons. The van der Waals surface area contributed by atoms with Crippen LogP contribution in [-0.2, 0) is 16.2 Å². The second kappa shape index (κ2) is 32.4. The van der Waals surface area contributed by atoms with Crippen molar-refractivity contribution in [3.63, 3.8) is 0 Å². The molecule has 22 aromatic carbocycles. The van der Waals surface area contributed by atoms with Gasteiger partial charge in [-0.25, -0.2) is 0 Å². The Bertz CT molecular complexity index is 10100. The highest BCUT2D eigenvalue weighted by Crippen LogP contribution is 2.65. The van der Waals surface area contributed by atoms with Gasteiger partial charge in [0, 0.05) is 93.3 Å². The fourth-order valence-corrected chi connectivity index (χ4v) is 26.0. The Labute approximate surface area is 848 Å². The van der Waals surface area contributed by atoms with Crippen LogP contribution in [0.3, 0.4) is 0 Å². The third-order valence-electron chi connectivity index (χ3n) is 32.6. The van der Waals surface area contributed by atoms with Crippen LogP contribution in [0, 0.1) is 0 Å². The Morgan fingerprint density at radius 2 is 0.551 bits per heavy atom. The highest BCUT2D eigenvalue weighted by molar-refractivity contribution is 6.25. The highest BCUT2D eigenvalue weighted by atomic mass is 16.3. The fraction of sp³-hybridized carbons (Fsp3) is 0.0504. The highest BCUT2D eigenvalue weighted by Gasteiger charge is 2.49. The van der Waals surface area contributed by atoms with Crippen molar-refractivity contribution in [3.8, 4) is 77.9 Å². The first-order chi connectivity index (χ1) is 72.7. The zero-order valence-electron chi connectivity index (χ0n) is 80.8. The number of nitrogens with zero attached hydrogens (tertiary/aromatic N) is 3. The number of benzene rings is 22. The van der Waals surface area contributed by atoms with Gasteiger partial charge < -0.3 is 36.8 Å². The lowest BCUT2D eigenvalue weighted by Crippen LogP contribution is -2.28. The molecule has 8 heteroatoms. The Balaban J connectivity index is 0.619. The van der Waals surface area contributed by atoms with Crippen molar-refractivity contribution < 1.29 is 22.1 Å². The van der Waals surface area contributed by atoms with E-state index in [1.54, 1.807) is 0 Å². The summed E-state index contributed by atoms with van der Waals surface area (Å²) < 4.78 is 36.5. The summed E-state index contributed by atoms with van der Waals surface area (Å²) in [6, 6.07) is 178. The maximum atomic E-state index is 7.76. The molecule has 692 valence electrons. The smallest absolute Gasteiger partial charge is 0.145 e. The quantitative estimate of drug-likeness (QED) is 0.0893. The van der Waals surface area contributed by atoms with Crippen LogP contribution in [0.25, 0.3) is 188 Å². The molecule has 0 amide bonds. The minimum Gasteiger partial charge on any atom is -0.456 e. The minimum absolute atomic E-state index is 0.213. The molecular formula is C139H91N3O5. The SMILES string of the molecule is CCC1(C)c2ccccc2-c2c(N(c3ccccc3-c3cccc(-c4ccc(N(c5cccc6c5-c5ccccc5C6(C)c5ccccc5)c5cccc6oc7c(-c8ccc(N(c9ccc(-c%10cccc%11c%10oc%10ccccc%10%11)cc9)c9cccc%10c9-c9ccccc9C%10(c9ccccc9)c9ccccc9)c9c8oc8ccccc89)cccc7c56)c5c4oc4ccccc45)c3)c3cccc4oc5ccccc5c34)cccc21. The third kappa shape index (κ3) is 12.1. The molecule has 3 aliphatic carbocycles. The van der Waals surface area contributed by atoms with Gasteiger partial charge in [0.15, 0.2) is 0 Å². The van der Waals surface area contributed by atoms with Crippen LogP contribution < -0.4 is 14.7 Å². The number of rotatable bonds is 17. The fourth-order valence-electron chi connectivity index (χ4n) is 26.0. The van der Waals surface area contributed by atoms with Crippen molar-refractivity contribution >= 4 is 161 Å². The third-order valence-corrected chi connectivity index (χ3v) is 32.6. The molecule has 30 rings (SSSR count). The van der Waals surface area contributed by atoms with Gasteiger partial charge in [0.05, 0.1) is 72.5 Å². The van der Waals surface area contributed by atoms with Gasteiger partial charge in [-0.05, 0) is 212 Å². The molecule has 147 heavy (non-hydrogen) atoms. The molecule has 2 atom stereocenters. The van der Waals surface area contributed by atoms with Crippen LogP contribution in [0.5, 0.6) is 0 Å². The predicted octanol–water partition coefficient (Wildman–Crippen LogP) is 38.7. The predicted molar refractivity (Wildman–Crippen MR) is 606 cm³/mol. The van der Waals surface area contributed by atoms with E-state index in [1.165, 1.54) is 66.8 Å². The molecule has 5 heterocycles. The van der Waals surface area contributed by atoms with Crippen LogP contribution >= 0.6 is 0 Å². The summed E-state index contributed by atoms with van der Waals surface area (Å²) in [6.07, 6.45) is 0.942. The minimum atomic E-state index is -0.684. The standard InChI is InChI=1S/C139H91N3O5/c1-4-137(2)106-58-22-14-48-99(106)126-109(137)61-33-66-114(126)141(116-68-36-74-124-129(116)102-51-19-27-71-121(102)143-124)112-64-25-17-46-92(112)86-38-30-39-87(84-86)94-80-82-119(132-104-53-21-28-72-122(104)145-135(94)132)142(115-67-34-62-110-127(115)100-49-15-23-59-107(100)138(110,3)88-40-8-5-9-41-88)117-69-37-75-125-130(117)105-57-32-56-97(134(105)147-125)98-81-83-118(131-103-52-20-29-73-123(103)146-136(98)131)140(91-78-76-85(77-79-91)93-54-31-55-96-95-47-18-26-70-120(95)144-133(93)96)113-65-35-63-111-128(113)101-50-16-24-60-108(101)139(111,89-42-10-6-11-43-89)90-44-12-7-13-45-90/h5-84H,4H2,1-3H3. The molecule has 3 aliphatic rings. The zero-order valence-corrected chi connectivity index (χ0v) is 80.8. The van der Waals surface area contributed by atoms with Gasteiger partial charge >= 0.3 is 0 Å². The maximum absolute atomic E-state index is 7.76. The normalized spacial score (nSPS) is 14.8. The molecule has 8 nitrogen and oxygen atoms in total. The summed E-state index contributed by atoms with van der Waals surface area (Å²) >= 11 is 0. The van der Waals surface area contributed by atoms with E-state index in [2.05, 4.69) is 515 Å². The average molecular weight is 1880 g/mol. The number of anilines is 9. The number of furan rings is 5. The molecule has 0 bridgehead atoms. The van der Waals surface area contributed by atoms with Crippen molar-refractivity contribution in [2.45, 2.75) is 43.4 Å². The van der Waals surface area contributed by atoms with Crippen molar-refractivity contribution in [2.75, 3.05) is 14.7 Å². The number of para-hydroxylation sites is 7. The molecule has 0 saturated heterocycles. The molecule has 5 aromatic heterocycles. The summed E-state index contributed by atoms with van der Waals surface area (Å²) in [6.45, 7) is 7.15. The Hall–Kier alpha value is -18.8. The molecule has 0 spiro atoms. The molecule has 0 fully saturated rings. The van der Waals surface area contributed by atoms with E-state index in [0.29, 0.717) is 0 Å². The van der Waals surface area contributed by atoms with Crippen molar-refractivity contribution in [3.05, 3.63) is 535 Å². The van der Waals surface area contributed by atoms with Gasteiger partial charge in [-0.3, -0.25) is 0 Å². The zero-order chi connectivity index (χ0) is 97.1. The molecule has 0 N–H and O–H groups in total. The first-order valence-electron chi connectivity index (χ1n) is 50.9. The van der Waals surface area contributed by atoms with E-state index in [9.17, 15) is 0 Å². The van der Waals surface area contributed by atoms with E-state index in [0.717, 1.165) is 228 Å². The van der Waals surface area contributed by atoms with Crippen LogP contribution in [0.15, 0.2) is 507 Å². The monoisotopic (exact) mass is 1880 g/mol. The summed E-state index contributed by atoms with van der Waals surface area (Å²) in [4.78, 5) is 7.54. The summed E-state index contributed by atoms with van der Waals surface area (Å²) in [5, 5.41) is 10.0. The van der Waals surface area contributed by atoms with Crippen LogP contribution in [0.2, 0.25) is 0 Å². The Kier molecular flexibility index (Phi) is 18.5. The van der Waals surface area contributed by atoms with Gasteiger partial charge in [-0.1, -0.05) is 384 Å². The van der Waals surface area contributed by atoms with E-state index in [-0.39, 0.29) is 5.41 Å². The van der Waals surface area contributed by atoms with E-state index in [4.69, 9.17) is 22.1 Å². The average Bonchev–Trinajstić information content (AvgIpc) is 1.53. The van der Waals surface area contributed by atoms with Crippen LogP contribution in [0.1, 0.15) is 77.3 Å². The lowest BCUT2D eigenvalue weighted by molar-refractivity contribution is 0.564. The van der Waals surface area contributed by atoms with Crippen LogP contribution in [0.4, 0.5) is 51.2 Å². The number of hydrogen-bond acceptors (Lipinski definition) is 8. The second-order valence-corrected chi connectivity index (χ2v) is 39.9. The lowest BCUT2D eigenvalue weighted by Gasteiger charge is -2.34. The number of fused-ring (bicyclic) bond motifs is 24. The van der Waals surface area contributed by atoms with Crippen LogP contribution in [-0.4, -0.2) is 0 Å². The molecule has 27 aromatic rings. The second-order valence-electron chi connectivity index (χ2n) is 39.9. The Morgan fingerprint density at radius 3 is 1.20 bits per heavy atom. The first kappa shape index (κ1) is 84.0. The van der Waals surface area contributed by atoms with Crippen molar-refractivity contribution in [1.82, 2.24) is 0 Å². The summed E-state index contributed by atoms with van der Waals surface area (Å²) in [5.74, 6) is 0. The van der Waals surface area contributed by atoms with E-state index in [1.807, 2.05) is 6.07 Å². The largest absolute Gasteiger partial charge is 0.456 e. The Morgan fingerprint density at radius 1 is 0.197 bits per heavy atom. The van der Waals surface area contributed by atoms with Crippen molar-refractivity contribution in [2.24, 2.45) is 0 Å². The van der Waals surface area contributed by atoms with Gasteiger partial charge in [-0.15, -0.1) is 0 Å². The topological polar surface area (TPSA) is 75.4 Å². The van der Waals surface area contributed by atoms with Gasteiger partial charge in [-0.2, -0.15) is 0 Å². The molecular weight excluding hydrogens is 1790 g/mol. The number of hydrogen-bond donors (Lipinski definition) is 0. The summed E-state index contributed by atoms with van der Waals surface area (Å²) in [5.41, 5.74) is 41.5. The lowest BCUT2D eigenvalue weighted by atomic mass is 9.68. The molecule has 0 aliphatic heterocycles. The molecule has 0 saturated carbocycles. The molecule has 2 unspecified atom stereocenters. The maximum Gasteiger partial charge on any atom is 0.145 e. The van der Waals surface area contributed by atoms with Gasteiger partial charge in [0.1, 0.15) is 55.8 Å². The van der Waals surface area contributed by atoms with Crippen molar-refractivity contribution in [1.29, 1.82) is 0 Å². The van der Waals surface area contributed by atoms with E-state index < -0.39 is 10.8 Å². The summed E-state index contributed by atoms with van der Waals surface area (Å²) in [7, 11) is 0.